The van der Waals surface area contributed by atoms with E-state index in [9.17, 15) is 9.90 Å². The van der Waals surface area contributed by atoms with Gasteiger partial charge in [-0.2, -0.15) is 0 Å². The van der Waals surface area contributed by atoms with Crippen LogP contribution in [0.1, 0.15) is 17.3 Å². The summed E-state index contributed by atoms with van der Waals surface area (Å²) in [7, 11) is 1.79. The summed E-state index contributed by atoms with van der Waals surface area (Å²) in [5.41, 5.74) is 0.926. The second-order valence-corrected chi connectivity index (χ2v) is 4.55. The van der Waals surface area contributed by atoms with E-state index in [1.165, 1.54) is 0 Å². The van der Waals surface area contributed by atoms with E-state index in [0.717, 1.165) is 5.56 Å². The Balaban J connectivity index is 2.25. The summed E-state index contributed by atoms with van der Waals surface area (Å²) in [6.45, 7) is 0. The zero-order chi connectivity index (χ0) is 13.1. The summed E-state index contributed by atoms with van der Waals surface area (Å²) in [6, 6.07) is 7.19. The van der Waals surface area contributed by atoms with Gasteiger partial charge in [-0.15, -0.1) is 0 Å². The quantitative estimate of drug-likeness (QED) is 0.923. The van der Waals surface area contributed by atoms with Crippen LogP contribution in [0.5, 0.6) is 0 Å². The molecule has 5 heteroatoms. The lowest BCUT2D eigenvalue weighted by Crippen LogP contribution is -2.18. The molecule has 1 N–H and O–H groups in total. The minimum absolute atomic E-state index is 0.400. The molecule has 4 nitrogen and oxygen atoms in total. The molecule has 2 rings (SSSR count). The molecular formula is C13H13ClN2O2. The van der Waals surface area contributed by atoms with Gasteiger partial charge in [0.15, 0.2) is 0 Å². The first-order valence-electron chi connectivity index (χ1n) is 5.52. The summed E-state index contributed by atoms with van der Waals surface area (Å²) in [6.07, 6.45) is 3.75. The van der Waals surface area contributed by atoms with Gasteiger partial charge in [0.2, 0.25) is 0 Å². The molecule has 0 bridgehead atoms. The van der Waals surface area contributed by atoms with Crippen molar-refractivity contribution in [3.8, 4) is 0 Å². The third-order valence-electron chi connectivity index (χ3n) is 2.82. The second kappa shape index (κ2) is 5.23. The van der Waals surface area contributed by atoms with Crippen LogP contribution >= 0.6 is 11.6 Å². The lowest BCUT2D eigenvalue weighted by molar-refractivity contribution is -0.139. The SMILES string of the molecule is Cn1ccnc1C(Cc1ccc(Cl)cc1)C(=O)O. The fourth-order valence-corrected chi connectivity index (χ4v) is 1.98. The van der Waals surface area contributed by atoms with Crippen molar-refractivity contribution in [3.63, 3.8) is 0 Å². The zero-order valence-corrected chi connectivity index (χ0v) is 10.6. The maximum atomic E-state index is 11.3. The first kappa shape index (κ1) is 12.6. The van der Waals surface area contributed by atoms with Crippen LogP contribution < -0.4 is 0 Å². The van der Waals surface area contributed by atoms with E-state index in [1.54, 1.807) is 36.1 Å². The Labute approximate surface area is 110 Å². The van der Waals surface area contributed by atoms with Crippen LogP contribution in [0.3, 0.4) is 0 Å². The van der Waals surface area contributed by atoms with Gasteiger partial charge in [-0.25, -0.2) is 4.98 Å². The highest BCUT2D eigenvalue weighted by molar-refractivity contribution is 6.30. The fourth-order valence-electron chi connectivity index (χ4n) is 1.86. The molecule has 1 heterocycles. The smallest absolute Gasteiger partial charge is 0.314 e. The van der Waals surface area contributed by atoms with Crippen molar-refractivity contribution in [1.82, 2.24) is 9.55 Å². The number of nitrogens with zero attached hydrogens (tertiary/aromatic N) is 2. The first-order chi connectivity index (χ1) is 8.58. The molecule has 94 valence electrons. The van der Waals surface area contributed by atoms with E-state index in [0.29, 0.717) is 17.3 Å². The summed E-state index contributed by atoms with van der Waals surface area (Å²) in [5.74, 6) is -0.970. The fraction of sp³-hybridized carbons (Fsp3) is 0.231. The van der Waals surface area contributed by atoms with Gasteiger partial charge in [0.05, 0.1) is 0 Å². The summed E-state index contributed by atoms with van der Waals surface area (Å²) in [4.78, 5) is 15.4. The van der Waals surface area contributed by atoms with Gasteiger partial charge in [0, 0.05) is 24.5 Å². The Morgan fingerprint density at radius 2 is 2.11 bits per heavy atom. The number of halogens is 1. The number of benzene rings is 1. The van der Waals surface area contributed by atoms with Crippen molar-refractivity contribution >= 4 is 17.6 Å². The van der Waals surface area contributed by atoms with Crippen LogP contribution in [0, 0.1) is 0 Å². The van der Waals surface area contributed by atoms with Crippen LogP contribution in [0.4, 0.5) is 0 Å². The molecule has 1 aromatic heterocycles. The number of aryl methyl sites for hydroxylation is 1. The Morgan fingerprint density at radius 1 is 1.44 bits per heavy atom. The molecule has 0 aliphatic rings. The van der Waals surface area contributed by atoms with E-state index >= 15 is 0 Å². The largest absolute Gasteiger partial charge is 0.481 e. The normalized spacial score (nSPS) is 12.3. The number of aliphatic carboxylic acids is 1. The molecule has 0 saturated carbocycles. The number of carboxylic acids is 1. The average Bonchev–Trinajstić information content (AvgIpc) is 2.74. The highest BCUT2D eigenvalue weighted by Gasteiger charge is 2.24. The van der Waals surface area contributed by atoms with Crippen LogP contribution in [0.15, 0.2) is 36.7 Å². The summed E-state index contributed by atoms with van der Waals surface area (Å²) in [5, 5.41) is 9.95. The highest BCUT2D eigenvalue weighted by Crippen LogP contribution is 2.20. The molecular weight excluding hydrogens is 252 g/mol. The van der Waals surface area contributed by atoms with Gasteiger partial charge in [0.25, 0.3) is 0 Å². The second-order valence-electron chi connectivity index (χ2n) is 4.12. The average molecular weight is 265 g/mol. The predicted octanol–water partition coefficient (Wildman–Crippen LogP) is 2.48. The zero-order valence-electron chi connectivity index (χ0n) is 9.88. The molecule has 0 aliphatic heterocycles. The van der Waals surface area contributed by atoms with Crippen LogP contribution in [-0.4, -0.2) is 20.6 Å². The van der Waals surface area contributed by atoms with E-state index in [2.05, 4.69) is 4.98 Å². The monoisotopic (exact) mass is 264 g/mol. The molecule has 1 unspecified atom stereocenters. The maximum absolute atomic E-state index is 11.3. The van der Waals surface area contributed by atoms with E-state index in [4.69, 9.17) is 11.6 Å². The van der Waals surface area contributed by atoms with Gasteiger partial charge < -0.3 is 9.67 Å². The summed E-state index contributed by atoms with van der Waals surface area (Å²) < 4.78 is 1.73. The molecule has 0 saturated heterocycles. The minimum Gasteiger partial charge on any atom is -0.481 e. The number of imidazole rings is 1. The van der Waals surface area contributed by atoms with Crippen molar-refractivity contribution < 1.29 is 9.90 Å². The number of carbonyl (C=O) groups is 1. The lowest BCUT2D eigenvalue weighted by atomic mass is 9.98. The molecule has 0 radical (unpaired) electrons. The molecule has 0 fully saturated rings. The Kier molecular flexibility index (Phi) is 3.67. The van der Waals surface area contributed by atoms with E-state index < -0.39 is 11.9 Å². The maximum Gasteiger partial charge on any atom is 0.314 e. The molecule has 0 amide bonds. The number of carboxylic acid groups (broad SMARTS) is 1. The Hall–Kier alpha value is -1.81. The van der Waals surface area contributed by atoms with Crippen molar-refractivity contribution in [2.75, 3.05) is 0 Å². The van der Waals surface area contributed by atoms with Crippen molar-refractivity contribution in [2.45, 2.75) is 12.3 Å². The Bertz CT molecular complexity index is 548. The van der Waals surface area contributed by atoms with Gasteiger partial charge in [0.1, 0.15) is 11.7 Å². The lowest BCUT2D eigenvalue weighted by Gasteiger charge is -2.12. The van der Waals surface area contributed by atoms with E-state index in [1.807, 2.05) is 12.1 Å². The van der Waals surface area contributed by atoms with Crippen molar-refractivity contribution in [3.05, 3.63) is 53.1 Å². The standard InChI is InChI=1S/C13H13ClN2O2/c1-16-7-6-15-12(16)11(13(17)18)8-9-2-4-10(14)5-3-9/h2-7,11H,8H2,1H3,(H,17,18). The third kappa shape index (κ3) is 2.71. The molecule has 18 heavy (non-hydrogen) atoms. The number of hydrogen-bond donors (Lipinski definition) is 1. The van der Waals surface area contributed by atoms with Gasteiger partial charge in [-0.05, 0) is 24.1 Å². The Morgan fingerprint density at radius 3 is 2.61 bits per heavy atom. The molecule has 0 aliphatic carbocycles. The predicted molar refractivity (Wildman–Crippen MR) is 68.7 cm³/mol. The molecule has 2 aromatic rings. The van der Waals surface area contributed by atoms with Gasteiger partial charge in [-0.3, -0.25) is 4.79 Å². The number of rotatable bonds is 4. The van der Waals surface area contributed by atoms with Crippen LogP contribution in [0.25, 0.3) is 0 Å². The molecule has 0 spiro atoms. The van der Waals surface area contributed by atoms with Crippen molar-refractivity contribution in [2.24, 2.45) is 7.05 Å². The highest BCUT2D eigenvalue weighted by atomic mass is 35.5. The molecule has 1 aromatic carbocycles. The van der Waals surface area contributed by atoms with E-state index in [-0.39, 0.29) is 0 Å². The minimum atomic E-state index is -0.876. The van der Waals surface area contributed by atoms with Crippen LogP contribution in [-0.2, 0) is 18.3 Å². The van der Waals surface area contributed by atoms with Gasteiger partial charge in [-0.1, -0.05) is 23.7 Å². The van der Waals surface area contributed by atoms with Crippen LogP contribution in [0.2, 0.25) is 5.02 Å². The first-order valence-corrected chi connectivity index (χ1v) is 5.90. The number of hydrogen-bond acceptors (Lipinski definition) is 2. The molecule has 1 atom stereocenters. The summed E-state index contributed by atoms with van der Waals surface area (Å²) >= 11 is 5.80. The number of aromatic nitrogens is 2. The van der Waals surface area contributed by atoms with Gasteiger partial charge >= 0.3 is 5.97 Å². The van der Waals surface area contributed by atoms with Crippen molar-refractivity contribution in [1.29, 1.82) is 0 Å². The third-order valence-corrected chi connectivity index (χ3v) is 3.07. The topological polar surface area (TPSA) is 55.1 Å².